The second-order valence-electron chi connectivity index (χ2n) is 5.79. The van der Waals surface area contributed by atoms with Gasteiger partial charge in [0.05, 0.1) is 19.8 Å². The molecular formula is C18H25NO6. The summed E-state index contributed by atoms with van der Waals surface area (Å²) in [6, 6.07) is 3.84. The molecule has 2 atom stereocenters. The maximum atomic E-state index is 12.5. The van der Waals surface area contributed by atoms with E-state index in [1.807, 2.05) is 13.8 Å². The van der Waals surface area contributed by atoms with E-state index in [-0.39, 0.29) is 5.92 Å². The fourth-order valence-electron chi connectivity index (χ4n) is 2.83. The summed E-state index contributed by atoms with van der Waals surface area (Å²) < 4.78 is 16.3. The summed E-state index contributed by atoms with van der Waals surface area (Å²) in [5.74, 6) is -0.729. The van der Waals surface area contributed by atoms with Crippen molar-refractivity contribution in [1.29, 1.82) is 0 Å². The van der Waals surface area contributed by atoms with Crippen LogP contribution in [0.1, 0.15) is 37.0 Å². The number of nitrogens with one attached hydrogen (secondary N) is 1. The third-order valence-corrected chi connectivity index (χ3v) is 4.03. The summed E-state index contributed by atoms with van der Waals surface area (Å²) in [4.78, 5) is 24.1. The standard InChI is InChI=1S/C18H25NO6/c1-3-24-14-8-7-12(10-15(14)25-4-2)17(20)19-16(18(21)22)13-6-5-9-23-11-13/h7-8,10,13,16H,3-6,9,11H2,1-2H3,(H,19,20)(H,21,22). The van der Waals surface area contributed by atoms with Crippen LogP contribution in [0.2, 0.25) is 0 Å². The average molecular weight is 351 g/mol. The van der Waals surface area contributed by atoms with Crippen LogP contribution in [0.25, 0.3) is 0 Å². The Balaban J connectivity index is 2.14. The first-order valence-electron chi connectivity index (χ1n) is 8.57. The summed E-state index contributed by atoms with van der Waals surface area (Å²) in [6.07, 6.45) is 1.51. The molecule has 1 aliphatic rings. The number of benzene rings is 1. The number of hydrogen-bond donors (Lipinski definition) is 2. The maximum Gasteiger partial charge on any atom is 0.326 e. The van der Waals surface area contributed by atoms with Crippen molar-refractivity contribution in [2.45, 2.75) is 32.7 Å². The largest absolute Gasteiger partial charge is 0.490 e. The van der Waals surface area contributed by atoms with Crippen LogP contribution in [-0.4, -0.2) is 49.5 Å². The lowest BCUT2D eigenvalue weighted by Gasteiger charge is -2.28. The molecule has 0 bridgehead atoms. The molecule has 7 heteroatoms. The number of carbonyl (C=O) groups excluding carboxylic acids is 1. The van der Waals surface area contributed by atoms with Crippen LogP contribution in [0.15, 0.2) is 18.2 Å². The van der Waals surface area contributed by atoms with E-state index in [4.69, 9.17) is 14.2 Å². The molecule has 138 valence electrons. The van der Waals surface area contributed by atoms with Gasteiger partial charge in [0.15, 0.2) is 11.5 Å². The zero-order chi connectivity index (χ0) is 18.2. The van der Waals surface area contributed by atoms with Crippen molar-refractivity contribution >= 4 is 11.9 Å². The van der Waals surface area contributed by atoms with Crippen molar-refractivity contribution in [2.75, 3.05) is 26.4 Å². The third-order valence-electron chi connectivity index (χ3n) is 4.03. The number of amides is 1. The van der Waals surface area contributed by atoms with Crippen LogP contribution in [0.3, 0.4) is 0 Å². The fourth-order valence-corrected chi connectivity index (χ4v) is 2.83. The predicted molar refractivity (Wildman–Crippen MR) is 91.2 cm³/mol. The number of carbonyl (C=O) groups is 2. The topological polar surface area (TPSA) is 94.1 Å². The maximum absolute atomic E-state index is 12.5. The first-order valence-corrected chi connectivity index (χ1v) is 8.57. The Bertz CT molecular complexity index is 597. The Morgan fingerprint density at radius 1 is 1.28 bits per heavy atom. The van der Waals surface area contributed by atoms with Crippen molar-refractivity contribution in [3.8, 4) is 11.5 Å². The molecule has 25 heavy (non-hydrogen) atoms. The second kappa shape index (κ2) is 9.27. The van der Waals surface area contributed by atoms with Gasteiger partial charge in [-0.3, -0.25) is 4.79 Å². The highest BCUT2D eigenvalue weighted by Crippen LogP contribution is 2.28. The smallest absolute Gasteiger partial charge is 0.326 e. The van der Waals surface area contributed by atoms with E-state index < -0.39 is 17.9 Å². The first kappa shape index (κ1) is 19.1. The molecule has 1 heterocycles. The first-order chi connectivity index (χ1) is 12.1. The Hall–Kier alpha value is -2.28. The minimum Gasteiger partial charge on any atom is -0.490 e. The van der Waals surface area contributed by atoms with E-state index in [1.54, 1.807) is 18.2 Å². The molecule has 0 saturated carbocycles. The van der Waals surface area contributed by atoms with Crippen LogP contribution in [0.4, 0.5) is 0 Å². The van der Waals surface area contributed by atoms with Gasteiger partial charge in [-0.05, 0) is 44.9 Å². The molecule has 0 spiro atoms. The summed E-state index contributed by atoms with van der Waals surface area (Å²) in [5, 5.41) is 12.1. The van der Waals surface area contributed by atoms with E-state index >= 15 is 0 Å². The molecule has 0 radical (unpaired) electrons. The average Bonchev–Trinajstić information content (AvgIpc) is 2.61. The quantitative estimate of drug-likeness (QED) is 0.745. The van der Waals surface area contributed by atoms with Gasteiger partial charge in [0.25, 0.3) is 5.91 Å². The SMILES string of the molecule is CCOc1ccc(C(=O)NC(C(=O)O)C2CCCOC2)cc1OCC. The molecule has 2 N–H and O–H groups in total. The second-order valence-corrected chi connectivity index (χ2v) is 5.79. The lowest BCUT2D eigenvalue weighted by Crippen LogP contribution is -2.48. The molecule has 1 aromatic rings. The highest BCUT2D eigenvalue weighted by molar-refractivity contribution is 5.97. The van der Waals surface area contributed by atoms with Gasteiger partial charge >= 0.3 is 5.97 Å². The van der Waals surface area contributed by atoms with E-state index in [0.717, 1.165) is 6.42 Å². The van der Waals surface area contributed by atoms with Gasteiger partial charge in [-0.2, -0.15) is 0 Å². The van der Waals surface area contributed by atoms with Crippen LogP contribution in [-0.2, 0) is 9.53 Å². The van der Waals surface area contributed by atoms with Gasteiger partial charge in [0.1, 0.15) is 6.04 Å². The van der Waals surface area contributed by atoms with Crippen molar-refractivity contribution in [3.63, 3.8) is 0 Å². The molecule has 7 nitrogen and oxygen atoms in total. The molecule has 2 rings (SSSR count). The highest BCUT2D eigenvalue weighted by Gasteiger charge is 2.31. The molecule has 1 aliphatic heterocycles. The number of carboxylic acids is 1. The van der Waals surface area contributed by atoms with Crippen molar-refractivity contribution in [1.82, 2.24) is 5.32 Å². The van der Waals surface area contributed by atoms with E-state index in [1.165, 1.54) is 0 Å². The number of rotatable bonds is 8. The number of aliphatic carboxylic acids is 1. The normalized spacial score (nSPS) is 18.2. The van der Waals surface area contributed by atoms with E-state index in [9.17, 15) is 14.7 Å². The van der Waals surface area contributed by atoms with Gasteiger partial charge in [-0.1, -0.05) is 0 Å². The monoisotopic (exact) mass is 351 g/mol. The summed E-state index contributed by atoms with van der Waals surface area (Å²) in [6.45, 7) is 5.58. The van der Waals surface area contributed by atoms with Gasteiger partial charge in [0, 0.05) is 18.1 Å². The molecule has 1 amide bonds. The lowest BCUT2D eigenvalue weighted by atomic mass is 9.93. The highest BCUT2D eigenvalue weighted by atomic mass is 16.5. The van der Waals surface area contributed by atoms with Crippen molar-refractivity contribution in [2.24, 2.45) is 5.92 Å². The summed E-state index contributed by atoms with van der Waals surface area (Å²) in [5.41, 5.74) is 0.329. The van der Waals surface area contributed by atoms with Gasteiger partial charge < -0.3 is 24.6 Å². The zero-order valence-electron chi connectivity index (χ0n) is 14.6. The van der Waals surface area contributed by atoms with Crippen LogP contribution in [0, 0.1) is 5.92 Å². The van der Waals surface area contributed by atoms with E-state index in [0.29, 0.717) is 49.9 Å². The Morgan fingerprint density at radius 3 is 2.60 bits per heavy atom. The van der Waals surface area contributed by atoms with Crippen LogP contribution in [0.5, 0.6) is 11.5 Å². The van der Waals surface area contributed by atoms with Gasteiger partial charge in [-0.15, -0.1) is 0 Å². The number of ether oxygens (including phenoxy) is 3. The van der Waals surface area contributed by atoms with Crippen molar-refractivity contribution < 1.29 is 28.9 Å². The summed E-state index contributed by atoms with van der Waals surface area (Å²) >= 11 is 0. The summed E-state index contributed by atoms with van der Waals surface area (Å²) in [7, 11) is 0. The molecule has 0 aliphatic carbocycles. The lowest BCUT2D eigenvalue weighted by molar-refractivity contribution is -0.142. The van der Waals surface area contributed by atoms with Gasteiger partial charge in [-0.25, -0.2) is 4.79 Å². The number of carboxylic acid groups (broad SMARTS) is 1. The Morgan fingerprint density at radius 2 is 2.00 bits per heavy atom. The Labute approximate surface area is 147 Å². The molecule has 1 aromatic carbocycles. The van der Waals surface area contributed by atoms with Crippen molar-refractivity contribution in [3.05, 3.63) is 23.8 Å². The van der Waals surface area contributed by atoms with Crippen LogP contribution < -0.4 is 14.8 Å². The minimum atomic E-state index is -1.06. The molecule has 0 aromatic heterocycles. The fraction of sp³-hybridized carbons (Fsp3) is 0.556. The molecular weight excluding hydrogens is 326 g/mol. The minimum absolute atomic E-state index is 0.232. The molecule has 1 saturated heterocycles. The molecule has 1 fully saturated rings. The van der Waals surface area contributed by atoms with E-state index in [2.05, 4.69) is 5.32 Å². The third kappa shape index (κ3) is 5.09. The zero-order valence-corrected chi connectivity index (χ0v) is 14.6. The van der Waals surface area contributed by atoms with Crippen LogP contribution >= 0.6 is 0 Å². The Kier molecular flexibility index (Phi) is 7.06. The number of hydrogen-bond acceptors (Lipinski definition) is 5. The van der Waals surface area contributed by atoms with Gasteiger partial charge in [0.2, 0.25) is 0 Å². The molecule has 2 unspecified atom stereocenters. The predicted octanol–water partition coefficient (Wildman–Crippen LogP) is 2.09.